The van der Waals surface area contributed by atoms with E-state index in [4.69, 9.17) is 9.47 Å². The Kier molecular flexibility index (Phi) is 5.91. The topological polar surface area (TPSA) is 80.4 Å². The number of rotatable bonds is 6. The molecule has 0 radical (unpaired) electrons. The summed E-state index contributed by atoms with van der Waals surface area (Å²) in [5, 5.41) is 2.21. The number of hydrogen-bond donors (Lipinski definition) is 2. The van der Waals surface area contributed by atoms with E-state index in [1.165, 1.54) is 14.2 Å². The molecule has 0 fully saturated rings. The Morgan fingerprint density at radius 3 is 2.46 bits per heavy atom. The van der Waals surface area contributed by atoms with Crippen LogP contribution in [0.4, 0.5) is 18.9 Å². The van der Waals surface area contributed by atoms with Crippen LogP contribution < -0.4 is 20.3 Å². The van der Waals surface area contributed by atoms with Gasteiger partial charge in [0.25, 0.3) is 5.56 Å². The Labute approximate surface area is 146 Å². The summed E-state index contributed by atoms with van der Waals surface area (Å²) in [4.78, 5) is 25.5. The predicted octanol–water partition coefficient (Wildman–Crippen LogP) is 2.98. The molecular weight excluding hydrogens is 353 g/mol. The summed E-state index contributed by atoms with van der Waals surface area (Å²) in [6.07, 6.45) is -3.78. The number of methoxy groups -OCH3 is 2. The fraction of sp³-hybridized carbons (Fsp3) is 0.294. The number of H-pyrrole nitrogens is 1. The maximum absolute atomic E-state index is 12.7. The summed E-state index contributed by atoms with van der Waals surface area (Å²) < 4.78 is 48.3. The van der Waals surface area contributed by atoms with Crippen molar-refractivity contribution in [2.45, 2.75) is 19.0 Å². The lowest BCUT2D eigenvalue weighted by atomic mass is 10.1. The summed E-state index contributed by atoms with van der Waals surface area (Å²) in [5.74, 6) is 0.459. The van der Waals surface area contributed by atoms with Crippen molar-refractivity contribution in [3.8, 4) is 11.5 Å². The minimum absolute atomic E-state index is 0.0227. The molecule has 1 aromatic carbocycles. The number of benzene rings is 1. The summed E-state index contributed by atoms with van der Waals surface area (Å²) >= 11 is 0. The number of aromatic nitrogens is 1. The number of anilines is 1. The molecule has 0 aliphatic carbocycles. The molecule has 0 aliphatic rings. The Hall–Kier alpha value is -2.97. The number of amides is 1. The highest BCUT2D eigenvalue weighted by Crippen LogP contribution is 2.29. The first kappa shape index (κ1) is 19.4. The van der Waals surface area contributed by atoms with Gasteiger partial charge in [-0.2, -0.15) is 13.2 Å². The fourth-order valence-electron chi connectivity index (χ4n) is 2.25. The van der Waals surface area contributed by atoms with E-state index >= 15 is 0 Å². The first-order chi connectivity index (χ1) is 12.2. The van der Waals surface area contributed by atoms with Crippen molar-refractivity contribution in [2.24, 2.45) is 0 Å². The molecule has 140 valence electrons. The van der Waals surface area contributed by atoms with Crippen molar-refractivity contribution < 1.29 is 27.4 Å². The quantitative estimate of drug-likeness (QED) is 0.819. The van der Waals surface area contributed by atoms with E-state index in [9.17, 15) is 22.8 Å². The van der Waals surface area contributed by atoms with Crippen LogP contribution in [0.5, 0.6) is 11.5 Å². The van der Waals surface area contributed by atoms with Gasteiger partial charge in [-0.1, -0.05) is 6.07 Å². The van der Waals surface area contributed by atoms with Crippen LogP contribution in [0.3, 0.4) is 0 Å². The molecule has 0 bridgehead atoms. The lowest BCUT2D eigenvalue weighted by molar-refractivity contribution is -0.137. The summed E-state index contributed by atoms with van der Waals surface area (Å²) in [6.45, 7) is 0. The van der Waals surface area contributed by atoms with Crippen molar-refractivity contribution in [2.75, 3.05) is 19.5 Å². The lowest BCUT2D eigenvalue weighted by Crippen LogP contribution is -2.21. The van der Waals surface area contributed by atoms with Crippen LogP contribution in [-0.4, -0.2) is 25.1 Å². The molecule has 0 saturated carbocycles. The number of halogens is 3. The zero-order chi connectivity index (χ0) is 19.3. The molecule has 2 aromatic rings. The number of carbonyl (C=O) groups is 1. The number of nitrogens with one attached hydrogen (secondary N) is 2. The molecule has 1 amide bonds. The van der Waals surface area contributed by atoms with Crippen molar-refractivity contribution in [3.05, 3.63) is 51.9 Å². The molecule has 9 heteroatoms. The molecule has 1 aromatic heterocycles. The number of pyridine rings is 1. The Balaban J connectivity index is 2.05. The van der Waals surface area contributed by atoms with Crippen molar-refractivity contribution >= 4 is 11.6 Å². The molecule has 2 rings (SSSR count). The zero-order valence-electron chi connectivity index (χ0n) is 14.1. The maximum atomic E-state index is 12.7. The van der Waals surface area contributed by atoms with Gasteiger partial charge in [0.05, 0.1) is 19.8 Å². The summed E-state index contributed by atoms with van der Waals surface area (Å²) in [6, 6.07) is 5.73. The highest BCUT2D eigenvalue weighted by atomic mass is 19.4. The van der Waals surface area contributed by atoms with Gasteiger partial charge in [-0.05, 0) is 30.2 Å². The SMILES string of the molecule is COc1ccc(CCC(=O)Nc2cc(C(F)(F)F)c[nH]c2=O)cc1OC. The second-order valence-corrected chi connectivity index (χ2v) is 5.37. The van der Waals surface area contributed by atoms with E-state index in [1.807, 2.05) is 4.98 Å². The van der Waals surface area contributed by atoms with E-state index in [0.717, 1.165) is 5.56 Å². The van der Waals surface area contributed by atoms with Crippen molar-refractivity contribution in [1.29, 1.82) is 0 Å². The molecule has 1 heterocycles. The Morgan fingerprint density at radius 2 is 1.85 bits per heavy atom. The molecule has 2 N–H and O–H groups in total. The molecule has 0 unspecified atom stereocenters. The third kappa shape index (κ3) is 4.78. The number of aromatic amines is 1. The second-order valence-electron chi connectivity index (χ2n) is 5.37. The van der Waals surface area contributed by atoms with E-state index in [2.05, 4.69) is 5.32 Å². The van der Waals surface area contributed by atoms with E-state index in [0.29, 0.717) is 30.2 Å². The Morgan fingerprint density at radius 1 is 1.15 bits per heavy atom. The van der Waals surface area contributed by atoms with Gasteiger partial charge in [-0.25, -0.2) is 0 Å². The number of carbonyl (C=O) groups excluding carboxylic acids is 1. The second kappa shape index (κ2) is 7.94. The fourth-order valence-corrected chi connectivity index (χ4v) is 2.25. The van der Waals surface area contributed by atoms with E-state index in [1.54, 1.807) is 18.2 Å². The van der Waals surface area contributed by atoms with Gasteiger partial charge in [-0.3, -0.25) is 9.59 Å². The third-order valence-electron chi connectivity index (χ3n) is 3.59. The van der Waals surface area contributed by atoms with Gasteiger partial charge in [0.15, 0.2) is 11.5 Å². The number of alkyl halides is 3. The van der Waals surface area contributed by atoms with Gasteiger partial charge in [-0.15, -0.1) is 0 Å². The predicted molar refractivity (Wildman–Crippen MR) is 88.6 cm³/mol. The van der Waals surface area contributed by atoms with Crippen LogP contribution in [0.15, 0.2) is 35.3 Å². The summed E-state index contributed by atoms with van der Waals surface area (Å²) in [5.41, 5.74) is -1.53. The molecule has 0 saturated heterocycles. The number of aryl methyl sites for hydroxylation is 1. The monoisotopic (exact) mass is 370 g/mol. The maximum Gasteiger partial charge on any atom is 0.417 e. The van der Waals surface area contributed by atoms with Gasteiger partial charge in [0, 0.05) is 12.6 Å². The Bertz CT molecular complexity index is 847. The molecule has 0 spiro atoms. The normalized spacial score (nSPS) is 11.1. The van der Waals surface area contributed by atoms with Crippen LogP contribution in [0, 0.1) is 0 Å². The van der Waals surface area contributed by atoms with Crippen LogP contribution in [-0.2, 0) is 17.4 Å². The average Bonchev–Trinajstić information content (AvgIpc) is 2.60. The number of ether oxygens (including phenoxy) is 2. The van der Waals surface area contributed by atoms with E-state index in [-0.39, 0.29) is 6.42 Å². The smallest absolute Gasteiger partial charge is 0.417 e. The van der Waals surface area contributed by atoms with E-state index < -0.39 is 28.9 Å². The average molecular weight is 370 g/mol. The molecule has 26 heavy (non-hydrogen) atoms. The zero-order valence-corrected chi connectivity index (χ0v) is 14.1. The minimum atomic E-state index is -4.62. The molecular formula is C17H17F3N2O4. The minimum Gasteiger partial charge on any atom is -0.493 e. The van der Waals surface area contributed by atoms with Gasteiger partial charge in [0.1, 0.15) is 5.69 Å². The highest BCUT2D eigenvalue weighted by molar-refractivity contribution is 5.90. The summed E-state index contributed by atoms with van der Waals surface area (Å²) in [7, 11) is 2.98. The van der Waals surface area contributed by atoms with Crippen molar-refractivity contribution in [3.63, 3.8) is 0 Å². The van der Waals surface area contributed by atoms with Crippen LogP contribution in [0.25, 0.3) is 0 Å². The third-order valence-corrected chi connectivity index (χ3v) is 3.59. The van der Waals surface area contributed by atoms with Gasteiger partial charge >= 0.3 is 6.18 Å². The van der Waals surface area contributed by atoms with Crippen LogP contribution in [0.1, 0.15) is 17.5 Å². The first-order valence-electron chi connectivity index (χ1n) is 7.55. The van der Waals surface area contributed by atoms with Gasteiger partial charge in [0.2, 0.25) is 5.91 Å². The van der Waals surface area contributed by atoms with Gasteiger partial charge < -0.3 is 19.8 Å². The molecule has 0 atom stereocenters. The highest BCUT2D eigenvalue weighted by Gasteiger charge is 2.31. The standard InChI is InChI=1S/C17H17F3N2O4/c1-25-13-5-3-10(7-14(13)26-2)4-6-15(23)22-12-8-11(17(18,19)20)9-21-16(12)24/h3,5,7-9H,4,6H2,1-2H3,(H,21,24)(H,22,23). The number of hydrogen-bond acceptors (Lipinski definition) is 4. The van der Waals surface area contributed by atoms with Crippen molar-refractivity contribution in [1.82, 2.24) is 4.98 Å². The molecule has 6 nitrogen and oxygen atoms in total. The largest absolute Gasteiger partial charge is 0.493 e. The first-order valence-corrected chi connectivity index (χ1v) is 7.55. The van der Waals surface area contributed by atoms with Crippen LogP contribution in [0.2, 0.25) is 0 Å². The van der Waals surface area contributed by atoms with Crippen LogP contribution >= 0.6 is 0 Å². The lowest BCUT2D eigenvalue weighted by Gasteiger charge is -2.10. The molecule has 0 aliphatic heterocycles.